The quantitative estimate of drug-likeness (QED) is 0.790. The minimum atomic E-state index is -0.00582. The topological polar surface area (TPSA) is 56.0 Å². The Hall–Kier alpha value is -1.48. The highest BCUT2D eigenvalue weighted by Crippen LogP contribution is 2.25. The number of nitrogens with zero attached hydrogens (tertiary/aromatic N) is 1. The van der Waals surface area contributed by atoms with E-state index in [9.17, 15) is 4.79 Å². The van der Waals surface area contributed by atoms with Crippen LogP contribution in [-0.4, -0.2) is 17.3 Å². The molecule has 2 N–H and O–H groups in total. The first-order chi connectivity index (χ1) is 9.77. The van der Waals surface area contributed by atoms with Crippen molar-refractivity contribution < 1.29 is 4.79 Å². The van der Waals surface area contributed by atoms with Crippen LogP contribution in [0, 0.1) is 12.3 Å². The summed E-state index contributed by atoms with van der Waals surface area (Å²) in [7, 11) is 0. The molecule has 0 aliphatic heterocycles. The number of aromatic nitrogens is 1. The highest BCUT2D eigenvalue weighted by Gasteiger charge is 2.14. The molecule has 3 heteroatoms. The Morgan fingerprint density at radius 3 is 2.43 bits per heavy atom. The molecule has 0 spiro atoms. The van der Waals surface area contributed by atoms with E-state index < -0.39 is 0 Å². The van der Waals surface area contributed by atoms with Gasteiger partial charge in [0.25, 0.3) is 0 Å². The first-order valence-corrected chi connectivity index (χ1v) is 7.57. The molecule has 0 amide bonds. The van der Waals surface area contributed by atoms with E-state index in [4.69, 9.17) is 5.73 Å². The van der Waals surface area contributed by atoms with Gasteiger partial charge in [-0.2, -0.15) is 0 Å². The highest BCUT2D eigenvalue weighted by molar-refractivity contribution is 5.92. The summed E-state index contributed by atoms with van der Waals surface area (Å²) in [5.74, 6) is -0.00582. The van der Waals surface area contributed by atoms with Crippen molar-refractivity contribution in [2.45, 2.75) is 53.9 Å². The van der Waals surface area contributed by atoms with Crippen LogP contribution in [0.4, 0.5) is 0 Å². The smallest absolute Gasteiger partial charge is 0.178 e. The van der Waals surface area contributed by atoms with Crippen molar-refractivity contribution in [3.63, 3.8) is 0 Å². The maximum absolute atomic E-state index is 10.9. The van der Waals surface area contributed by atoms with Crippen LogP contribution >= 0.6 is 0 Å². The molecule has 1 aromatic heterocycles. The van der Waals surface area contributed by atoms with Gasteiger partial charge in [0.1, 0.15) is 5.69 Å². The Balaban J connectivity index is 0.000000400. The number of pyridine rings is 1. The average molecular weight is 290 g/mol. The van der Waals surface area contributed by atoms with E-state index in [1.165, 1.54) is 19.8 Å². The third kappa shape index (κ3) is 7.76. The molecule has 0 unspecified atom stereocenters. The summed E-state index contributed by atoms with van der Waals surface area (Å²) in [6.07, 6.45) is 7.11. The molecular formula is C18H30N2O. The number of hydrogen-bond donors (Lipinski definition) is 1. The van der Waals surface area contributed by atoms with Crippen molar-refractivity contribution in [3.8, 4) is 0 Å². The Labute approximate surface area is 129 Å². The number of rotatable bonds is 6. The minimum absolute atomic E-state index is 0.00582. The van der Waals surface area contributed by atoms with E-state index in [0.29, 0.717) is 11.1 Å². The van der Waals surface area contributed by atoms with Crippen LogP contribution in [0.3, 0.4) is 0 Å². The monoisotopic (exact) mass is 290 g/mol. The van der Waals surface area contributed by atoms with Crippen LogP contribution in [0.15, 0.2) is 18.8 Å². The molecule has 0 bridgehead atoms. The maximum atomic E-state index is 10.9. The number of Topliss-reactive ketones (excluding diaryl/α,β-unsaturated/α-hetero) is 1. The van der Waals surface area contributed by atoms with E-state index in [0.717, 1.165) is 24.1 Å². The Morgan fingerprint density at radius 2 is 2.05 bits per heavy atom. The van der Waals surface area contributed by atoms with E-state index in [-0.39, 0.29) is 5.78 Å². The lowest BCUT2D eigenvalue weighted by Crippen LogP contribution is -2.16. The molecule has 0 aliphatic carbocycles. The second-order valence-corrected chi connectivity index (χ2v) is 6.14. The summed E-state index contributed by atoms with van der Waals surface area (Å²) in [5.41, 5.74) is 8.44. The molecule has 0 atom stereocenters. The largest absolute Gasteiger partial charge is 0.330 e. The number of hydrogen-bond acceptors (Lipinski definition) is 3. The molecule has 0 saturated carbocycles. The first kappa shape index (κ1) is 19.5. The minimum Gasteiger partial charge on any atom is -0.330 e. The lowest BCUT2D eigenvalue weighted by atomic mass is 9.85. The zero-order chi connectivity index (χ0) is 16.5. The second-order valence-electron chi connectivity index (χ2n) is 6.14. The molecule has 1 heterocycles. The van der Waals surface area contributed by atoms with Gasteiger partial charge in [-0.3, -0.25) is 9.78 Å². The molecule has 0 saturated heterocycles. The summed E-state index contributed by atoms with van der Waals surface area (Å²) in [4.78, 5) is 14.9. The van der Waals surface area contributed by atoms with Crippen LogP contribution in [0.25, 0.3) is 6.08 Å². The average Bonchev–Trinajstić information content (AvgIpc) is 2.39. The lowest BCUT2D eigenvalue weighted by Gasteiger charge is -2.22. The van der Waals surface area contributed by atoms with Gasteiger partial charge in [-0.25, -0.2) is 0 Å². The normalized spacial score (nSPS) is 10.6. The highest BCUT2D eigenvalue weighted by atomic mass is 16.1. The number of ketones is 1. The van der Waals surface area contributed by atoms with Gasteiger partial charge < -0.3 is 5.73 Å². The van der Waals surface area contributed by atoms with Crippen LogP contribution in [-0.2, 0) is 0 Å². The standard InChI is InChI=1S/C10H11NO.C8H19N/c1-4-9-6-11-10(8(3)12)5-7(9)2;1-4-5-8(2,3)6-7-9/h4-6H,1H2,2-3H3;4-7,9H2,1-3H3. The molecule has 21 heavy (non-hydrogen) atoms. The van der Waals surface area contributed by atoms with Crippen LogP contribution in [0.1, 0.15) is 68.6 Å². The van der Waals surface area contributed by atoms with Crippen molar-refractivity contribution >= 4 is 11.9 Å². The Morgan fingerprint density at radius 1 is 1.43 bits per heavy atom. The van der Waals surface area contributed by atoms with Gasteiger partial charge in [0.05, 0.1) is 0 Å². The van der Waals surface area contributed by atoms with Gasteiger partial charge in [0, 0.05) is 13.1 Å². The molecule has 118 valence electrons. The summed E-state index contributed by atoms with van der Waals surface area (Å²) in [6.45, 7) is 14.7. The molecule has 1 aromatic rings. The predicted octanol–water partition coefficient (Wildman–Crippen LogP) is 4.40. The van der Waals surface area contributed by atoms with Crippen molar-refractivity contribution in [2.24, 2.45) is 11.1 Å². The van der Waals surface area contributed by atoms with Gasteiger partial charge in [-0.1, -0.05) is 39.8 Å². The Bertz CT molecular complexity index is 456. The number of aryl methyl sites for hydroxylation is 1. The number of nitrogens with two attached hydrogens (primary N) is 1. The lowest BCUT2D eigenvalue weighted by molar-refractivity contribution is 0.101. The summed E-state index contributed by atoms with van der Waals surface area (Å²) in [5, 5.41) is 0. The van der Waals surface area contributed by atoms with Gasteiger partial charge >= 0.3 is 0 Å². The van der Waals surface area contributed by atoms with Crippen molar-refractivity contribution in [1.29, 1.82) is 0 Å². The van der Waals surface area contributed by atoms with Crippen LogP contribution in [0.5, 0.6) is 0 Å². The van der Waals surface area contributed by atoms with Crippen molar-refractivity contribution in [2.75, 3.05) is 6.54 Å². The third-order valence-electron chi connectivity index (χ3n) is 3.48. The van der Waals surface area contributed by atoms with Gasteiger partial charge in [-0.05, 0) is 48.9 Å². The molecule has 0 fully saturated rings. The molecule has 3 nitrogen and oxygen atoms in total. The summed E-state index contributed by atoms with van der Waals surface area (Å²) in [6, 6.07) is 1.78. The Kier molecular flexibility index (Phi) is 8.79. The fraction of sp³-hybridized carbons (Fsp3) is 0.556. The van der Waals surface area contributed by atoms with Crippen molar-refractivity contribution in [3.05, 3.63) is 35.7 Å². The second kappa shape index (κ2) is 9.46. The first-order valence-electron chi connectivity index (χ1n) is 7.57. The van der Waals surface area contributed by atoms with Crippen LogP contribution in [0.2, 0.25) is 0 Å². The zero-order valence-corrected chi connectivity index (χ0v) is 14.2. The number of carbonyl (C=O) groups excluding carboxylic acids is 1. The van der Waals surface area contributed by atoms with Gasteiger partial charge in [0.2, 0.25) is 0 Å². The molecule has 0 radical (unpaired) electrons. The number of carbonyl (C=O) groups is 1. The molecule has 0 aliphatic rings. The fourth-order valence-corrected chi connectivity index (χ4v) is 2.17. The van der Waals surface area contributed by atoms with Crippen LogP contribution < -0.4 is 5.73 Å². The third-order valence-corrected chi connectivity index (χ3v) is 3.48. The van der Waals surface area contributed by atoms with E-state index in [1.807, 2.05) is 6.92 Å². The predicted molar refractivity (Wildman–Crippen MR) is 91.4 cm³/mol. The zero-order valence-electron chi connectivity index (χ0n) is 14.2. The maximum Gasteiger partial charge on any atom is 0.178 e. The molecule has 1 rings (SSSR count). The molecular weight excluding hydrogens is 260 g/mol. The SMILES string of the molecule is C=Cc1cnc(C(C)=O)cc1C.CCCC(C)(C)CCN. The van der Waals surface area contributed by atoms with E-state index in [1.54, 1.807) is 18.3 Å². The van der Waals surface area contributed by atoms with Gasteiger partial charge in [0.15, 0.2) is 5.78 Å². The molecule has 0 aromatic carbocycles. The van der Waals surface area contributed by atoms with Gasteiger partial charge in [-0.15, -0.1) is 0 Å². The fourth-order valence-electron chi connectivity index (χ4n) is 2.17. The van der Waals surface area contributed by atoms with Crippen molar-refractivity contribution in [1.82, 2.24) is 4.98 Å². The van der Waals surface area contributed by atoms with E-state index in [2.05, 4.69) is 32.3 Å². The van der Waals surface area contributed by atoms with E-state index >= 15 is 0 Å². The summed E-state index contributed by atoms with van der Waals surface area (Å²) < 4.78 is 0. The summed E-state index contributed by atoms with van der Waals surface area (Å²) >= 11 is 0.